The monoisotopic (exact) mass is 251 g/mol. The fourth-order valence-electron chi connectivity index (χ4n) is 3.60. The molecule has 0 heterocycles. The Labute approximate surface area is 112 Å². The Morgan fingerprint density at radius 2 is 1.61 bits per heavy atom. The number of nitrogens with one attached hydrogen (secondary N) is 1. The molecule has 2 saturated carbocycles. The summed E-state index contributed by atoms with van der Waals surface area (Å²) in [5.74, 6) is 0.647. The van der Waals surface area contributed by atoms with E-state index in [1.165, 1.54) is 44.9 Å². The highest BCUT2D eigenvalue weighted by Crippen LogP contribution is 2.37. The molecule has 0 aromatic heterocycles. The lowest BCUT2D eigenvalue weighted by Crippen LogP contribution is -2.38. The summed E-state index contributed by atoms with van der Waals surface area (Å²) in [6.07, 6.45) is 12.3. The van der Waals surface area contributed by atoms with Gasteiger partial charge in [-0.05, 0) is 37.5 Å². The maximum Gasteiger partial charge on any atom is 0.223 e. The summed E-state index contributed by atoms with van der Waals surface area (Å²) in [6.45, 7) is 4.63. The summed E-state index contributed by atoms with van der Waals surface area (Å²) < 4.78 is 0. The van der Waals surface area contributed by atoms with Gasteiger partial charge in [0.15, 0.2) is 0 Å². The van der Waals surface area contributed by atoms with Crippen LogP contribution in [0.5, 0.6) is 0 Å². The molecule has 0 saturated heterocycles. The number of rotatable bonds is 2. The SMILES string of the molecule is CC1(C)CCC(NC(=O)C2CCCCCCC2)C1. The van der Waals surface area contributed by atoms with E-state index in [2.05, 4.69) is 19.2 Å². The summed E-state index contributed by atoms with van der Waals surface area (Å²) in [4.78, 5) is 12.3. The van der Waals surface area contributed by atoms with E-state index in [1.54, 1.807) is 0 Å². The summed E-state index contributed by atoms with van der Waals surface area (Å²) in [5.41, 5.74) is 0.429. The number of hydrogen-bond donors (Lipinski definition) is 1. The first kappa shape index (κ1) is 13.9. The molecule has 0 bridgehead atoms. The van der Waals surface area contributed by atoms with Crippen molar-refractivity contribution in [3.8, 4) is 0 Å². The van der Waals surface area contributed by atoms with Gasteiger partial charge in [-0.3, -0.25) is 4.79 Å². The van der Waals surface area contributed by atoms with Gasteiger partial charge in [0.05, 0.1) is 0 Å². The highest BCUT2D eigenvalue weighted by molar-refractivity contribution is 5.78. The molecule has 0 aromatic rings. The molecular weight excluding hydrogens is 222 g/mol. The zero-order valence-corrected chi connectivity index (χ0v) is 12.1. The van der Waals surface area contributed by atoms with Crippen molar-refractivity contribution in [2.24, 2.45) is 11.3 Å². The second kappa shape index (κ2) is 6.08. The molecule has 1 N–H and O–H groups in total. The van der Waals surface area contributed by atoms with Crippen LogP contribution >= 0.6 is 0 Å². The largest absolute Gasteiger partial charge is 0.353 e. The highest BCUT2D eigenvalue weighted by atomic mass is 16.1. The lowest BCUT2D eigenvalue weighted by molar-refractivity contribution is -0.126. The molecule has 1 unspecified atom stereocenters. The van der Waals surface area contributed by atoms with Gasteiger partial charge in [-0.15, -0.1) is 0 Å². The van der Waals surface area contributed by atoms with E-state index < -0.39 is 0 Å². The molecule has 0 spiro atoms. The molecule has 0 radical (unpaired) electrons. The standard InChI is InChI=1S/C16H29NO/c1-16(2)11-10-14(12-16)17-15(18)13-8-6-4-3-5-7-9-13/h13-14H,3-12H2,1-2H3,(H,17,18). The summed E-state index contributed by atoms with van der Waals surface area (Å²) >= 11 is 0. The Morgan fingerprint density at radius 1 is 1.00 bits per heavy atom. The lowest BCUT2D eigenvalue weighted by atomic mass is 9.90. The minimum Gasteiger partial charge on any atom is -0.353 e. The summed E-state index contributed by atoms with van der Waals surface area (Å²) in [6, 6.07) is 0.443. The van der Waals surface area contributed by atoms with Crippen LogP contribution in [0.1, 0.15) is 78.1 Å². The van der Waals surface area contributed by atoms with Crippen LogP contribution in [0, 0.1) is 11.3 Å². The van der Waals surface area contributed by atoms with Crippen molar-refractivity contribution in [1.82, 2.24) is 5.32 Å². The minimum absolute atomic E-state index is 0.300. The van der Waals surface area contributed by atoms with Gasteiger partial charge < -0.3 is 5.32 Å². The normalized spacial score (nSPS) is 29.6. The molecule has 18 heavy (non-hydrogen) atoms. The number of carbonyl (C=O) groups is 1. The quantitative estimate of drug-likeness (QED) is 0.788. The average molecular weight is 251 g/mol. The molecule has 2 heteroatoms. The molecule has 1 amide bonds. The van der Waals surface area contributed by atoms with Gasteiger partial charge in [0.2, 0.25) is 5.91 Å². The van der Waals surface area contributed by atoms with E-state index in [0.29, 0.717) is 23.3 Å². The molecule has 2 fully saturated rings. The molecule has 1 atom stereocenters. The predicted octanol–water partition coefficient (Wildman–Crippen LogP) is 4.04. The van der Waals surface area contributed by atoms with E-state index in [-0.39, 0.29) is 0 Å². The van der Waals surface area contributed by atoms with Crippen molar-refractivity contribution in [3.63, 3.8) is 0 Å². The molecule has 104 valence electrons. The van der Waals surface area contributed by atoms with Crippen molar-refractivity contribution >= 4 is 5.91 Å². The third kappa shape index (κ3) is 4.00. The predicted molar refractivity (Wildman–Crippen MR) is 75.4 cm³/mol. The van der Waals surface area contributed by atoms with Crippen molar-refractivity contribution in [1.29, 1.82) is 0 Å². The third-order valence-electron chi connectivity index (χ3n) is 4.79. The zero-order chi connectivity index (χ0) is 13.0. The molecule has 2 rings (SSSR count). The zero-order valence-electron chi connectivity index (χ0n) is 12.1. The van der Waals surface area contributed by atoms with Gasteiger partial charge in [0.1, 0.15) is 0 Å². The number of hydrogen-bond acceptors (Lipinski definition) is 1. The first-order valence-electron chi connectivity index (χ1n) is 7.87. The third-order valence-corrected chi connectivity index (χ3v) is 4.79. The number of carbonyl (C=O) groups excluding carboxylic acids is 1. The maximum atomic E-state index is 12.3. The van der Waals surface area contributed by atoms with Gasteiger partial charge in [0, 0.05) is 12.0 Å². The summed E-state index contributed by atoms with van der Waals surface area (Å²) in [7, 11) is 0. The van der Waals surface area contributed by atoms with Crippen LogP contribution in [0.2, 0.25) is 0 Å². The molecule has 2 aliphatic carbocycles. The highest BCUT2D eigenvalue weighted by Gasteiger charge is 2.32. The Hall–Kier alpha value is -0.530. The molecule has 0 aliphatic heterocycles. The second-order valence-corrected chi connectivity index (χ2v) is 7.15. The first-order valence-corrected chi connectivity index (χ1v) is 7.87. The van der Waals surface area contributed by atoms with Crippen LogP contribution in [-0.2, 0) is 4.79 Å². The molecule has 0 aromatic carbocycles. The average Bonchev–Trinajstić information content (AvgIpc) is 2.57. The Kier molecular flexibility index (Phi) is 4.69. The molecular formula is C16H29NO. The topological polar surface area (TPSA) is 29.1 Å². The van der Waals surface area contributed by atoms with Crippen molar-refractivity contribution < 1.29 is 4.79 Å². The van der Waals surface area contributed by atoms with Gasteiger partial charge in [-0.1, -0.05) is 46.0 Å². The molecule has 2 nitrogen and oxygen atoms in total. The van der Waals surface area contributed by atoms with Gasteiger partial charge in [0.25, 0.3) is 0 Å². The van der Waals surface area contributed by atoms with Crippen LogP contribution in [0.25, 0.3) is 0 Å². The van der Waals surface area contributed by atoms with E-state index >= 15 is 0 Å². The van der Waals surface area contributed by atoms with E-state index in [4.69, 9.17) is 0 Å². The van der Waals surface area contributed by atoms with Crippen LogP contribution in [0.3, 0.4) is 0 Å². The van der Waals surface area contributed by atoms with Crippen molar-refractivity contribution in [3.05, 3.63) is 0 Å². The number of amides is 1. The van der Waals surface area contributed by atoms with Gasteiger partial charge >= 0.3 is 0 Å². The smallest absolute Gasteiger partial charge is 0.223 e. The molecule has 2 aliphatic rings. The van der Waals surface area contributed by atoms with E-state index in [1.807, 2.05) is 0 Å². The van der Waals surface area contributed by atoms with Crippen LogP contribution in [0.15, 0.2) is 0 Å². The summed E-state index contributed by atoms with van der Waals surface area (Å²) in [5, 5.41) is 3.31. The lowest BCUT2D eigenvalue weighted by Gasteiger charge is -2.22. The van der Waals surface area contributed by atoms with Crippen molar-refractivity contribution in [2.75, 3.05) is 0 Å². The first-order chi connectivity index (χ1) is 8.57. The minimum atomic E-state index is 0.300. The van der Waals surface area contributed by atoms with Crippen LogP contribution < -0.4 is 5.32 Å². The Balaban J connectivity index is 1.79. The maximum absolute atomic E-state index is 12.3. The Bertz CT molecular complexity index is 277. The van der Waals surface area contributed by atoms with E-state index in [0.717, 1.165) is 19.3 Å². The Morgan fingerprint density at radius 3 is 2.17 bits per heavy atom. The second-order valence-electron chi connectivity index (χ2n) is 7.15. The van der Waals surface area contributed by atoms with Crippen molar-refractivity contribution in [2.45, 2.75) is 84.1 Å². The van der Waals surface area contributed by atoms with E-state index in [9.17, 15) is 4.79 Å². The van der Waals surface area contributed by atoms with Gasteiger partial charge in [-0.25, -0.2) is 0 Å². The fourth-order valence-corrected chi connectivity index (χ4v) is 3.60. The van der Waals surface area contributed by atoms with Crippen LogP contribution in [-0.4, -0.2) is 11.9 Å². The van der Waals surface area contributed by atoms with Gasteiger partial charge in [-0.2, -0.15) is 0 Å². The fraction of sp³-hybridized carbons (Fsp3) is 0.938. The van der Waals surface area contributed by atoms with Crippen LogP contribution in [0.4, 0.5) is 0 Å².